The molecule has 3 rings (SSSR count). The van der Waals surface area contributed by atoms with E-state index < -0.39 is 30.3 Å². The minimum atomic E-state index is -0.925. The maximum Gasteiger partial charge on any atom is 0.334 e. The summed E-state index contributed by atoms with van der Waals surface area (Å²) in [6, 6.07) is 6.16. The fourth-order valence-electron chi connectivity index (χ4n) is 3.40. The molecule has 8 heteroatoms. The van der Waals surface area contributed by atoms with Gasteiger partial charge in [0.15, 0.2) is 0 Å². The number of hydrogen-bond donors (Lipinski definition) is 0. The Kier molecular flexibility index (Phi) is 5.27. The van der Waals surface area contributed by atoms with E-state index in [0.717, 1.165) is 28.2 Å². The van der Waals surface area contributed by atoms with Crippen LogP contribution in [-0.4, -0.2) is 58.1 Å². The minimum absolute atomic E-state index is 0.233. The first-order valence-corrected chi connectivity index (χ1v) is 8.93. The summed E-state index contributed by atoms with van der Waals surface area (Å²) in [7, 11) is 1.57. The molecular formula is C18H20ClN3O4. The van der Waals surface area contributed by atoms with Gasteiger partial charge in [-0.3, -0.25) is 19.3 Å². The summed E-state index contributed by atoms with van der Waals surface area (Å²) < 4.78 is 0. The average molecular weight is 378 g/mol. The molecule has 2 fully saturated rings. The van der Waals surface area contributed by atoms with E-state index in [1.807, 2.05) is 6.07 Å². The van der Waals surface area contributed by atoms with Gasteiger partial charge in [-0.2, -0.15) is 0 Å². The van der Waals surface area contributed by atoms with Crippen molar-refractivity contribution < 1.29 is 19.2 Å². The summed E-state index contributed by atoms with van der Waals surface area (Å²) in [5.74, 6) is -2.17. The lowest BCUT2D eigenvalue weighted by molar-refractivity contribution is -0.145. The van der Waals surface area contributed by atoms with Crippen molar-refractivity contribution in [1.82, 2.24) is 14.7 Å². The Morgan fingerprint density at radius 3 is 2.54 bits per heavy atom. The summed E-state index contributed by atoms with van der Waals surface area (Å²) in [6.07, 6.45) is 3.27. The van der Waals surface area contributed by atoms with Crippen molar-refractivity contribution in [2.24, 2.45) is 0 Å². The Morgan fingerprint density at radius 1 is 1.19 bits per heavy atom. The number of rotatable bonds is 5. The van der Waals surface area contributed by atoms with Gasteiger partial charge < -0.3 is 4.90 Å². The molecule has 26 heavy (non-hydrogen) atoms. The Hall–Kier alpha value is -2.41. The number of likely N-dealkylation sites (N-methyl/N-ethyl adjacent to an activating group) is 1. The molecule has 0 N–H and O–H groups in total. The predicted octanol–water partition coefficient (Wildman–Crippen LogP) is 2.03. The highest BCUT2D eigenvalue weighted by Crippen LogP contribution is 2.27. The van der Waals surface area contributed by atoms with Gasteiger partial charge in [0.05, 0.1) is 0 Å². The molecule has 0 atom stereocenters. The quantitative estimate of drug-likeness (QED) is 0.581. The first kappa shape index (κ1) is 18.4. The Bertz CT molecular complexity index is 761. The second-order valence-corrected chi connectivity index (χ2v) is 7.10. The minimum Gasteiger partial charge on any atom is -0.340 e. The molecule has 2 aliphatic rings. The van der Waals surface area contributed by atoms with Gasteiger partial charge in [0, 0.05) is 24.7 Å². The fraction of sp³-hybridized carbons (Fsp3) is 0.444. The normalized spacial score (nSPS) is 18.2. The van der Waals surface area contributed by atoms with Crippen molar-refractivity contribution in [3.05, 3.63) is 34.9 Å². The highest BCUT2D eigenvalue weighted by molar-refractivity contribution is 6.45. The van der Waals surface area contributed by atoms with E-state index in [0.29, 0.717) is 17.9 Å². The lowest BCUT2D eigenvalue weighted by Gasteiger charge is -2.22. The Morgan fingerprint density at radius 2 is 1.88 bits per heavy atom. The molecule has 0 radical (unpaired) electrons. The van der Waals surface area contributed by atoms with Crippen LogP contribution in [0.1, 0.15) is 31.2 Å². The van der Waals surface area contributed by atoms with Gasteiger partial charge in [0.1, 0.15) is 6.54 Å². The standard InChI is InChI=1S/C18H20ClN3O4/c1-20(10-12-5-4-6-13(19)9-12)15(23)11-21-16(24)17(25)22(18(21)26)14-7-2-3-8-14/h4-6,9,14H,2-3,7-8,10-11H2,1H3. The van der Waals surface area contributed by atoms with Crippen LogP contribution in [0.15, 0.2) is 24.3 Å². The molecule has 1 aromatic rings. The zero-order valence-corrected chi connectivity index (χ0v) is 15.2. The monoisotopic (exact) mass is 377 g/mol. The van der Waals surface area contributed by atoms with Crippen LogP contribution in [0.5, 0.6) is 0 Å². The molecule has 1 heterocycles. The van der Waals surface area contributed by atoms with E-state index in [9.17, 15) is 19.2 Å². The van der Waals surface area contributed by atoms with Gasteiger partial charge in [-0.05, 0) is 30.5 Å². The van der Waals surface area contributed by atoms with E-state index >= 15 is 0 Å². The number of hydrogen-bond acceptors (Lipinski definition) is 4. The smallest absolute Gasteiger partial charge is 0.334 e. The van der Waals surface area contributed by atoms with Crippen molar-refractivity contribution >= 4 is 35.4 Å². The molecule has 0 unspecified atom stereocenters. The average Bonchev–Trinajstić information content (AvgIpc) is 3.18. The molecular weight excluding hydrogens is 358 g/mol. The Balaban J connectivity index is 1.65. The molecule has 1 saturated carbocycles. The van der Waals surface area contributed by atoms with Gasteiger partial charge in [0.2, 0.25) is 5.91 Å². The molecule has 7 nitrogen and oxygen atoms in total. The zero-order valence-electron chi connectivity index (χ0n) is 14.5. The molecule has 0 bridgehead atoms. The number of nitrogens with zero attached hydrogens (tertiary/aromatic N) is 3. The summed E-state index contributed by atoms with van der Waals surface area (Å²) in [6.45, 7) is -0.153. The first-order chi connectivity index (χ1) is 12.4. The highest BCUT2D eigenvalue weighted by atomic mass is 35.5. The Labute approximate surface area is 156 Å². The summed E-state index contributed by atoms with van der Waals surface area (Å²) in [4.78, 5) is 52.4. The SMILES string of the molecule is CN(Cc1cccc(Cl)c1)C(=O)CN1C(=O)C(=O)N(C2CCCC2)C1=O. The third kappa shape index (κ3) is 3.58. The van der Waals surface area contributed by atoms with Gasteiger partial charge in [-0.25, -0.2) is 9.69 Å². The third-order valence-corrected chi connectivity index (χ3v) is 5.04. The van der Waals surface area contributed by atoms with Crippen LogP contribution in [0.4, 0.5) is 4.79 Å². The van der Waals surface area contributed by atoms with Crippen molar-refractivity contribution in [2.45, 2.75) is 38.3 Å². The van der Waals surface area contributed by atoms with E-state index in [2.05, 4.69) is 0 Å². The second-order valence-electron chi connectivity index (χ2n) is 6.67. The van der Waals surface area contributed by atoms with Crippen LogP contribution >= 0.6 is 11.6 Å². The number of amides is 5. The van der Waals surface area contributed by atoms with E-state index in [1.165, 1.54) is 4.90 Å². The van der Waals surface area contributed by atoms with Crippen molar-refractivity contribution in [3.8, 4) is 0 Å². The van der Waals surface area contributed by atoms with E-state index in [4.69, 9.17) is 11.6 Å². The van der Waals surface area contributed by atoms with Crippen LogP contribution in [0.25, 0.3) is 0 Å². The van der Waals surface area contributed by atoms with Gasteiger partial charge in [-0.1, -0.05) is 36.6 Å². The highest BCUT2D eigenvalue weighted by Gasteiger charge is 2.48. The molecule has 1 aliphatic carbocycles. The number of imide groups is 2. The van der Waals surface area contributed by atoms with E-state index in [-0.39, 0.29) is 12.6 Å². The molecule has 1 saturated heterocycles. The van der Waals surface area contributed by atoms with Crippen LogP contribution < -0.4 is 0 Å². The van der Waals surface area contributed by atoms with Crippen molar-refractivity contribution in [3.63, 3.8) is 0 Å². The second kappa shape index (κ2) is 7.45. The maximum absolute atomic E-state index is 12.5. The van der Waals surface area contributed by atoms with Crippen LogP contribution in [0.2, 0.25) is 5.02 Å². The largest absolute Gasteiger partial charge is 0.340 e. The number of urea groups is 1. The number of benzene rings is 1. The number of carbonyl (C=O) groups excluding carboxylic acids is 4. The van der Waals surface area contributed by atoms with Gasteiger partial charge >= 0.3 is 17.8 Å². The van der Waals surface area contributed by atoms with E-state index in [1.54, 1.807) is 25.2 Å². The van der Waals surface area contributed by atoms with Gasteiger partial charge in [-0.15, -0.1) is 0 Å². The first-order valence-electron chi connectivity index (χ1n) is 8.56. The topological polar surface area (TPSA) is 78.0 Å². The van der Waals surface area contributed by atoms with Crippen molar-refractivity contribution in [1.29, 1.82) is 0 Å². The molecule has 5 amide bonds. The predicted molar refractivity (Wildman–Crippen MR) is 94.1 cm³/mol. The van der Waals surface area contributed by atoms with Crippen LogP contribution in [0.3, 0.4) is 0 Å². The number of carbonyl (C=O) groups is 4. The summed E-state index contributed by atoms with van der Waals surface area (Å²) in [5, 5.41) is 0.561. The maximum atomic E-state index is 12.5. The zero-order chi connectivity index (χ0) is 18.8. The van der Waals surface area contributed by atoms with Gasteiger partial charge in [0.25, 0.3) is 0 Å². The summed E-state index contributed by atoms with van der Waals surface area (Å²) in [5.41, 5.74) is 0.830. The molecule has 1 aromatic carbocycles. The lowest BCUT2D eigenvalue weighted by Crippen LogP contribution is -2.43. The van der Waals surface area contributed by atoms with Crippen LogP contribution in [0, 0.1) is 0 Å². The fourth-order valence-corrected chi connectivity index (χ4v) is 3.61. The lowest BCUT2D eigenvalue weighted by atomic mass is 10.2. The van der Waals surface area contributed by atoms with Crippen molar-refractivity contribution in [2.75, 3.05) is 13.6 Å². The third-order valence-electron chi connectivity index (χ3n) is 4.80. The molecule has 1 aliphatic heterocycles. The summed E-state index contributed by atoms with van der Waals surface area (Å²) >= 11 is 5.93. The molecule has 138 valence electrons. The number of halogens is 1. The molecule has 0 spiro atoms. The van der Waals surface area contributed by atoms with Crippen LogP contribution in [-0.2, 0) is 20.9 Å². The molecule has 0 aromatic heterocycles.